The smallest absolute Gasteiger partial charge is 0.408 e. The molecule has 0 aliphatic rings. The van der Waals surface area contributed by atoms with Crippen LogP contribution in [0.15, 0.2) is 36.7 Å². The molecule has 1 heterocycles. The molecule has 0 spiro atoms. The maximum absolute atomic E-state index is 13.0. The third kappa shape index (κ3) is 5.03. The maximum atomic E-state index is 13.0. The second kappa shape index (κ2) is 7.85. The van der Waals surface area contributed by atoms with Gasteiger partial charge < -0.3 is 9.30 Å². The number of hydrogen-bond acceptors (Lipinski definition) is 2. The molecule has 1 atom stereocenters. The average Bonchev–Trinajstić information content (AvgIpc) is 2.87. The Balaban J connectivity index is 2.17. The van der Waals surface area contributed by atoms with Gasteiger partial charge in [0, 0.05) is 25.1 Å². The van der Waals surface area contributed by atoms with Gasteiger partial charge in [0.2, 0.25) is 0 Å². The van der Waals surface area contributed by atoms with Crippen LogP contribution >= 0.6 is 0 Å². The number of anilines is 1. The Bertz CT molecular complexity index is 766. The molecule has 1 aromatic heterocycles. The lowest BCUT2D eigenvalue weighted by atomic mass is 9.91. The SMILES string of the molecule is CC(C)CC(C)c1ccccc1NC(=O)Oc1cn(C)cc1C(F)(F)F. The first-order valence-electron chi connectivity index (χ1n) is 8.38. The number of alkyl halides is 3. The Morgan fingerprint density at radius 2 is 1.85 bits per heavy atom. The van der Waals surface area contributed by atoms with Crippen molar-refractivity contribution < 1.29 is 22.7 Å². The Kier molecular flexibility index (Phi) is 6.00. The molecule has 0 aliphatic heterocycles. The van der Waals surface area contributed by atoms with Gasteiger partial charge in [0.15, 0.2) is 5.75 Å². The van der Waals surface area contributed by atoms with Gasteiger partial charge in [0.25, 0.3) is 0 Å². The van der Waals surface area contributed by atoms with E-state index in [0.29, 0.717) is 11.6 Å². The Morgan fingerprint density at radius 3 is 2.46 bits per heavy atom. The van der Waals surface area contributed by atoms with Gasteiger partial charge in [-0.05, 0) is 29.9 Å². The molecule has 2 rings (SSSR count). The highest BCUT2D eigenvalue weighted by Crippen LogP contribution is 2.37. The van der Waals surface area contributed by atoms with Gasteiger partial charge in [0.1, 0.15) is 5.56 Å². The summed E-state index contributed by atoms with van der Waals surface area (Å²) in [5.74, 6) is 0.142. The lowest BCUT2D eigenvalue weighted by Crippen LogP contribution is -2.19. The van der Waals surface area contributed by atoms with Gasteiger partial charge >= 0.3 is 12.3 Å². The van der Waals surface area contributed by atoms with Crippen LogP contribution in [-0.4, -0.2) is 10.7 Å². The molecule has 1 N–H and O–H groups in total. The minimum atomic E-state index is -4.60. The highest BCUT2D eigenvalue weighted by atomic mass is 19.4. The van der Waals surface area contributed by atoms with Crippen molar-refractivity contribution in [3.05, 3.63) is 47.8 Å². The highest BCUT2D eigenvalue weighted by molar-refractivity contribution is 5.87. The Labute approximate surface area is 151 Å². The second-order valence-corrected chi connectivity index (χ2v) is 6.83. The fourth-order valence-electron chi connectivity index (χ4n) is 2.96. The van der Waals surface area contributed by atoms with Gasteiger partial charge in [-0.3, -0.25) is 5.32 Å². The van der Waals surface area contributed by atoms with Gasteiger partial charge in [-0.15, -0.1) is 0 Å². The summed E-state index contributed by atoms with van der Waals surface area (Å²) in [6, 6.07) is 7.22. The number of halogens is 3. The van der Waals surface area contributed by atoms with Crippen LogP contribution in [0.25, 0.3) is 0 Å². The highest BCUT2D eigenvalue weighted by Gasteiger charge is 2.36. The van der Waals surface area contributed by atoms with Gasteiger partial charge in [-0.25, -0.2) is 4.79 Å². The number of benzene rings is 1. The zero-order valence-electron chi connectivity index (χ0n) is 15.2. The lowest BCUT2D eigenvalue weighted by Gasteiger charge is -2.18. The van der Waals surface area contributed by atoms with Crippen molar-refractivity contribution in [3.63, 3.8) is 0 Å². The first-order chi connectivity index (χ1) is 12.1. The van der Waals surface area contributed by atoms with Gasteiger partial charge in [-0.1, -0.05) is 39.0 Å². The van der Waals surface area contributed by atoms with Crippen LogP contribution in [0.3, 0.4) is 0 Å². The van der Waals surface area contributed by atoms with E-state index in [0.717, 1.165) is 24.4 Å². The summed E-state index contributed by atoms with van der Waals surface area (Å²) in [5, 5.41) is 2.56. The first-order valence-corrected chi connectivity index (χ1v) is 8.38. The summed E-state index contributed by atoms with van der Waals surface area (Å²) in [4.78, 5) is 12.2. The fraction of sp³-hybridized carbons (Fsp3) is 0.421. The van der Waals surface area contributed by atoms with E-state index in [1.54, 1.807) is 12.1 Å². The predicted octanol–water partition coefficient (Wildman–Crippen LogP) is 5.80. The molecule has 1 amide bonds. The third-order valence-electron chi connectivity index (χ3n) is 3.98. The first kappa shape index (κ1) is 19.9. The van der Waals surface area contributed by atoms with E-state index in [1.165, 1.54) is 11.6 Å². The van der Waals surface area contributed by atoms with E-state index >= 15 is 0 Å². The van der Waals surface area contributed by atoms with Crippen molar-refractivity contribution in [2.24, 2.45) is 13.0 Å². The van der Waals surface area contributed by atoms with Crippen LogP contribution < -0.4 is 10.1 Å². The zero-order valence-corrected chi connectivity index (χ0v) is 15.2. The minimum Gasteiger partial charge on any atom is -0.408 e. The van der Waals surface area contributed by atoms with E-state index < -0.39 is 23.6 Å². The number of nitrogens with zero attached hydrogens (tertiary/aromatic N) is 1. The van der Waals surface area contributed by atoms with Crippen LogP contribution in [0, 0.1) is 5.92 Å². The van der Waals surface area contributed by atoms with E-state index in [4.69, 9.17) is 4.74 Å². The number of nitrogens with one attached hydrogen (secondary N) is 1. The molecule has 0 bridgehead atoms. The molecule has 142 valence electrons. The molecule has 1 aromatic carbocycles. The van der Waals surface area contributed by atoms with E-state index in [2.05, 4.69) is 19.2 Å². The zero-order chi connectivity index (χ0) is 19.5. The number of hydrogen-bond donors (Lipinski definition) is 1. The largest absolute Gasteiger partial charge is 0.421 e. The third-order valence-corrected chi connectivity index (χ3v) is 3.98. The number of para-hydroxylation sites is 1. The van der Waals surface area contributed by atoms with Crippen molar-refractivity contribution in [3.8, 4) is 5.75 Å². The lowest BCUT2D eigenvalue weighted by molar-refractivity contribution is -0.138. The van der Waals surface area contributed by atoms with Crippen LogP contribution in [0.2, 0.25) is 0 Å². The summed E-state index contributed by atoms with van der Waals surface area (Å²) in [6.45, 7) is 6.26. The van der Waals surface area contributed by atoms with Gasteiger partial charge in [-0.2, -0.15) is 13.2 Å². The fourth-order valence-corrected chi connectivity index (χ4v) is 2.96. The molecule has 0 fully saturated rings. The molecule has 0 saturated carbocycles. The summed E-state index contributed by atoms with van der Waals surface area (Å²) in [7, 11) is 1.43. The summed E-state index contributed by atoms with van der Waals surface area (Å²) in [6.07, 6.45) is -2.63. The summed E-state index contributed by atoms with van der Waals surface area (Å²) >= 11 is 0. The molecule has 7 heteroatoms. The standard InChI is InChI=1S/C19H23F3N2O2/c1-12(2)9-13(3)14-7-5-6-8-16(14)23-18(25)26-17-11-24(4)10-15(17)19(20,21)22/h5-8,10-13H,9H2,1-4H3,(H,23,25). The summed E-state index contributed by atoms with van der Waals surface area (Å²) < 4.78 is 45.1. The molecule has 2 aromatic rings. The molecule has 4 nitrogen and oxygen atoms in total. The van der Waals surface area contributed by atoms with E-state index in [-0.39, 0.29) is 5.92 Å². The molecule has 0 aliphatic carbocycles. The normalized spacial score (nSPS) is 12.9. The minimum absolute atomic E-state index is 0.189. The Hall–Kier alpha value is -2.44. The van der Waals surface area contributed by atoms with Crippen molar-refractivity contribution in [2.45, 2.75) is 39.3 Å². The van der Waals surface area contributed by atoms with E-state index in [9.17, 15) is 18.0 Å². The number of amides is 1. The number of ether oxygens (including phenoxy) is 1. The quantitative estimate of drug-likeness (QED) is 0.724. The molecular weight excluding hydrogens is 345 g/mol. The predicted molar refractivity (Wildman–Crippen MR) is 94.4 cm³/mol. The van der Waals surface area contributed by atoms with Crippen LogP contribution in [0.4, 0.5) is 23.7 Å². The number of carbonyl (C=O) groups is 1. The average molecular weight is 368 g/mol. The number of carbonyl (C=O) groups excluding carboxylic acids is 1. The number of aromatic nitrogens is 1. The van der Waals surface area contributed by atoms with Crippen LogP contribution in [-0.2, 0) is 13.2 Å². The topological polar surface area (TPSA) is 43.3 Å². The second-order valence-electron chi connectivity index (χ2n) is 6.83. The van der Waals surface area contributed by atoms with Crippen molar-refractivity contribution in [2.75, 3.05) is 5.32 Å². The maximum Gasteiger partial charge on any atom is 0.421 e. The molecule has 26 heavy (non-hydrogen) atoms. The molecule has 0 radical (unpaired) electrons. The molecule has 0 saturated heterocycles. The van der Waals surface area contributed by atoms with Crippen LogP contribution in [0.5, 0.6) is 5.75 Å². The van der Waals surface area contributed by atoms with Gasteiger partial charge in [0.05, 0.1) is 0 Å². The number of aryl methyl sites for hydroxylation is 1. The van der Waals surface area contributed by atoms with Crippen molar-refractivity contribution in [1.82, 2.24) is 4.57 Å². The number of rotatable bonds is 5. The van der Waals surface area contributed by atoms with E-state index in [1.807, 2.05) is 19.1 Å². The monoisotopic (exact) mass is 368 g/mol. The van der Waals surface area contributed by atoms with Crippen LogP contribution in [0.1, 0.15) is 44.2 Å². The molecule has 1 unspecified atom stereocenters. The Morgan fingerprint density at radius 1 is 1.19 bits per heavy atom. The molecular formula is C19H23F3N2O2. The van der Waals surface area contributed by atoms with Crippen molar-refractivity contribution in [1.29, 1.82) is 0 Å². The van der Waals surface area contributed by atoms with Crippen molar-refractivity contribution >= 4 is 11.8 Å². The summed E-state index contributed by atoms with van der Waals surface area (Å²) in [5.41, 5.74) is 0.467.